The van der Waals surface area contributed by atoms with E-state index in [2.05, 4.69) is 15.4 Å². The Hall–Kier alpha value is -4.08. The third kappa shape index (κ3) is 4.71. The summed E-state index contributed by atoms with van der Waals surface area (Å²) < 4.78 is 13.1. The van der Waals surface area contributed by atoms with Crippen LogP contribution in [-0.2, 0) is 11.8 Å². The molecule has 1 unspecified atom stereocenters. The molecule has 4 aromatic rings. The number of nitrogens with one attached hydrogen (secondary N) is 1. The van der Waals surface area contributed by atoms with Gasteiger partial charge in [0, 0.05) is 24.2 Å². The normalized spacial score (nSPS) is 14.6. The van der Waals surface area contributed by atoms with Crippen LogP contribution in [0, 0.1) is 0 Å². The zero-order valence-electron chi connectivity index (χ0n) is 20.2. The zero-order valence-corrected chi connectivity index (χ0v) is 21.0. The maximum atomic E-state index is 11.4. The molecule has 1 aliphatic heterocycles. The number of aromatic nitrogens is 2. The lowest BCUT2D eigenvalue weighted by Gasteiger charge is -2.19. The van der Waals surface area contributed by atoms with E-state index in [9.17, 15) is 15.0 Å². The Morgan fingerprint density at radius 3 is 2.73 bits per heavy atom. The van der Waals surface area contributed by atoms with Gasteiger partial charge in [0.1, 0.15) is 13.2 Å². The molecular weight excluding hydrogens is 496 g/mol. The number of carboxylic acid groups (broad SMARTS) is 1. The number of halogens is 1. The molecule has 10 heteroatoms. The Morgan fingerprint density at radius 1 is 1.19 bits per heavy atom. The van der Waals surface area contributed by atoms with Gasteiger partial charge in [-0.3, -0.25) is 9.67 Å². The van der Waals surface area contributed by atoms with Crippen LogP contribution in [0.5, 0.6) is 11.5 Å². The number of hydrogen-bond acceptors (Lipinski definition) is 7. The summed E-state index contributed by atoms with van der Waals surface area (Å²) in [7, 11) is 1.82. The maximum absolute atomic E-state index is 11.4. The first-order chi connectivity index (χ1) is 17.8. The minimum atomic E-state index is -1.60. The molecule has 0 amide bonds. The third-order valence-corrected chi connectivity index (χ3v) is 6.65. The average molecular weight is 521 g/mol. The lowest BCUT2D eigenvalue weighted by molar-refractivity contribution is -0.143. The first-order valence-corrected chi connectivity index (χ1v) is 12.0. The van der Waals surface area contributed by atoms with Gasteiger partial charge in [-0.1, -0.05) is 35.9 Å². The largest absolute Gasteiger partial charge is 0.486 e. The van der Waals surface area contributed by atoms with E-state index in [-0.39, 0.29) is 0 Å². The highest BCUT2D eigenvalue weighted by atomic mass is 35.5. The second kappa shape index (κ2) is 9.76. The number of hydrogen-bond donors (Lipinski definition) is 3. The standard InChI is InChI=1S/C27H25ClN4O5/c1-27(15-33,26(34)35)29-14-16-6-8-19-21(12-16)32(2)31-25(19)30-20-5-3-4-18(24(20)28)17-7-9-22-23(13-17)37-11-10-36-22/h3-9,12-14,33H,10-11,15H2,1-2H3,(H,30,31)(H,34,35). The molecule has 3 N–H and O–H groups in total. The van der Waals surface area contributed by atoms with Crippen LogP contribution in [0.15, 0.2) is 59.6 Å². The van der Waals surface area contributed by atoms with Gasteiger partial charge in [0.2, 0.25) is 0 Å². The number of aliphatic hydroxyl groups is 1. The fraction of sp³-hybridized carbons (Fsp3) is 0.222. The second-order valence-corrected chi connectivity index (χ2v) is 9.27. The Labute approximate surface area is 217 Å². The summed E-state index contributed by atoms with van der Waals surface area (Å²) in [5.41, 5.74) is 2.33. The van der Waals surface area contributed by atoms with E-state index in [0.717, 1.165) is 22.0 Å². The van der Waals surface area contributed by atoms with E-state index in [1.165, 1.54) is 13.1 Å². The van der Waals surface area contributed by atoms with E-state index < -0.39 is 18.1 Å². The van der Waals surface area contributed by atoms with Crippen LogP contribution in [-0.4, -0.2) is 57.5 Å². The van der Waals surface area contributed by atoms with Gasteiger partial charge in [-0.05, 0) is 48.4 Å². The SMILES string of the molecule is Cn1nc(Nc2cccc(-c3ccc4c(c3)OCCO4)c2Cl)c2ccc(C=NC(C)(CO)C(=O)O)cc21. The molecular formula is C27H25ClN4O5. The predicted molar refractivity (Wildman–Crippen MR) is 143 cm³/mol. The molecule has 9 nitrogen and oxygen atoms in total. The summed E-state index contributed by atoms with van der Waals surface area (Å²) in [5, 5.41) is 28.1. The molecule has 190 valence electrons. The van der Waals surface area contributed by atoms with Crippen molar-refractivity contribution in [2.24, 2.45) is 12.0 Å². The Balaban J connectivity index is 1.45. The van der Waals surface area contributed by atoms with Gasteiger partial charge < -0.3 is 25.0 Å². The molecule has 0 aliphatic carbocycles. The Bertz CT molecular complexity index is 1530. The fourth-order valence-electron chi connectivity index (χ4n) is 4.02. The van der Waals surface area contributed by atoms with Crippen LogP contribution in [0.4, 0.5) is 11.5 Å². The first-order valence-electron chi connectivity index (χ1n) is 11.6. The minimum Gasteiger partial charge on any atom is -0.486 e. The predicted octanol–water partition coefficient (Wildman–Crippen LogP) is 4.66. The molecule has 2 heterocycles. The van der Waals surface area contributed by atoms with Gasteiger partial charge in [-0.25, -0.2) is 4.79 Å². The van der Waals surface area contributed by atoms with Gasteiger partial charge in [0.05, 0.1) is 22.8 Å². The van der Waals surface area contributed by atoms with E-state index in [1.54, 1.807) is 4.68 Å². The van der Waals surface area contributed by atoms with Crippen molar-refractivity contribution < 1.29 is 24.5 Å². The highest BCUT2D eigenvalue weighted by molar-refractivity contribution is 6.36. The van der Waals surface area contributed by atoms with E-state index in [4.69, 9.17) is 21.1 Å². The number of carboxylic acids is 1. The van der Waals surface area contributed by atoms with E-state index >= 15 is 0 Å². The molecule has 0 spiro atoms. The lowest BCUT2D eigenvalue weighted by atomic mass is 10.0. The number of fused-ring (bicyclic) bond motifs is 2. The van der Waals surface area contributed by atoms with Crippen molar-refractivity contribution in [1.82, 2.24) is 9.78 Å². The summed E-state index contributed by atoms with van der Waals surface area (Å²) in [5.74, 6) is 0.826. The summed E-state index contributed by atoms with van der Waals surface area (Å²) >= 11 is 6.83. The average Bonchev–Trinajstić information content (AvgIpc) is 3.22. The lowest BCUT2D eigenvalue weighted by Crippen LogP contribution is -2.37. The van der Waals surface area contributed by atoms with E-state index in [1.807, 2.05) is 61.6 Å². The Kier molecular flexibility index (Phi) is 6.49. The van der Waals surface area contributed by atoms with Crippen LogP contribution in [0.1, 0.15) is 12.5 Å². The number of rotatable bonds is 7. The van der Waals surface area contributed by atoms with Crippen LogP contribution >= 0.6 is 11.6 Å². The number of aliphatic carboxylic acids is 1. The van der Waals surface area contributed by atoms with Crippen LogP contribution < -0.4 is 14.8 Å². The van der Waals surface area contributed by atoms with Crippen molar-refractivity contribution in [3.8, 4) is 22.6 Å². The quantitative estimate of drug-likeness (QED) is 0.303. The zero-order chi connectivity index (χ0) is 26.2. The van der Waals surface area contributed by atoms with Crippen molar-refractivity contribution in [2.75, 3.05) is 25.1 Å². The molecule has 0 saturated carbocycles. The highest BCUT2D eigenvalue weighted by Gasteiger charge is 2.31. The van der Waals surface area contributed by atoms with Crippen molar-refractivity contribution >= 4 is 46.2 Å². The van der Waals surface area contributed by atoms with Crippen molar-refractivity contribution in [3.05, 3.63) is 65.2 Å². The smallest absolute Gasteiger partial charge is 0.333 e. The molecule has 0 bridgehead atoms. The second-order valence-electron chi connectivity index (χ2n) is 8.89. The number of aliphatic hydroxyl groups excluding tert-OH is 1. The molecule has 1 atom stereocenters. The number of nitrogens with zero attached hydrogens (tertiary/aromatic N) is 3. The number of benzene rings is 3. The van der Waals surface area contributed by atoms with E-state index in [0.29, 0.717) is 46.8 Å². The maximum Gasteiger partial charge on any atom is 0.333 e. The monoisotopic (exact) mass is 520 g/mol. The molecule has 1 aliphatic rings. The molecule has 1 aromatic heterocycles. The highest BCUT2D eigenvalue weighted by Crippen LogP contribution is 2.40. The van der Waals surface area contributed by atoms with Gasteiger partial charge >= 0.3 is 5.97 Å². The molecule has 3 aromatic carbocycles. The van der Waals surface area contributed by atoms with Crippen molar-refractivity contribution in [3.63, 3.8) is 0 Å². The van der Waals surface area contributed by atoms with Crippen molar-refractivity contribution in [2.45, 2.75) is 12.5 Å². The Morgan fingerprint density at radius 2 is 1.97 bits per heavy atom. The van der Waals surface area contributed by atoms with Crippen molar-refractivity contribution in [1.29, 1.82) is 0 Å². The van der Waals surface area contributed by atoms with Crippen LogP contribution in [0.25, 0.3) is 22.0 Å². The summed E-state index contributed by atoms with van der Waals surface area (Å²) in [4.78, 5) is 15.5. The van der Waals surface area contributed by atoms with Gasteiger partial charge in [0.15, 0.2) is 22.9 Å². The molecule has 5 rings (SSSR count). The molecule has 0 saturated heterocycles. The number of aryl methyl sites for hydroxylation is 1. The number of ether oxygens (including phenoxy) is 2. The van der Waals surface area contributed by atoms with Gasteiger partial charge in [-0.2, -0.15) is 5.10 Å². The third-order valence-electron chi connectivity index (χ3n) is 6.25. The van der Waals surface area contributed by atoms with Crippen LogP contribution in [0.3, 0.4) is 0 Å². The summed E-state index contributed by atoms with van der Waals surface area (Å²) in [6.45, 7) is 1.79. The molecule has 0 radical (unpaired) electrons. The topological polar surface area (TPSA) is 118 Å². The van der Waals surface area contributed by atoms with Gasteiger partial charge in [0.25, 0.3) is 0 Å². The molecule has 37 heavy (non-hydrogen) atoms. The fourth-order valence-corrected chi connectivity index (χ4v) is 4.30. The van der Waals surface area contributed by atoms with Gasteiger partial charge in [-0.15, -0.1) is 0 Å². The number of carbonyl (C=O) groups is 1. The minimum absolute atomic E-state index is 0.506. The summed E-state index contributed by atoms with van der Waals surface area (Å²) in [6, 6.07) is 17.0. The first kappa shape index (κ1) is 24.6. The number of aliphatic imine (C=N–C) groups is 1. The summed E-state index contributed by atoms with van der Waals surface area (Å²) in [6.07, 6.45) is 1.44. The van der Waals surface area contributed by atoms with Crippen LogP contribution in [0.2, 0.25) is 5.02 Å². The molecule has 0 fully saturated rings. The number of anilines is 2.